The first-order valence-electron chi connectivity index (χ1n) is 5.85. The van der Waals surface area contributed by atoms with Gasteiger partial charge in [0.2, 0.25) is 0 Å². The summed E-state index contributed by atoms with van der Waals surface area (Å²) in [5, 5.41) is 0. The molecule has 0 amide bonds. The smallest absolute Gasteiger partial charge is 0.0341 e. The highest BCUT2D eigenvalue weighted by atomic mass is 14.7. The van der Waals surface area contributed by atoms with Crippen molar-refractivity contribution in [2.24, 2.45) is 17.6 Å². The van der Waals surface area contributed by atoms with Crippen molar-refractivity contribution in [2.75, 3.05) is 0 Å². The molecule has 0 radical (unpaired) electrons. The third-order valence-electron chi connectivity index (χ3n) is 3.67. The molecule has 1 aliphatic carbocycles. The molecular weight excluding hydrogens is 184 g/mol. The topological polar surface area (TPSA) is 38.9 Å². The van der Waals surface area contributed by atoms with Crippen LogP contribution in [-0.2, 0) is 0 Å². The van der Waals surface area contributed by atoms with Crippen LogP contribution in [0.3, 0.4) is 0 Å². The second-order valence-corrected chi connectivity index (χ2v) is 4.89. The van der Waals surface area contributed by atoms with Gasteiger partial charge in [-0.05, 0) is 36.3 Å². The van der Waals surface area contributed by atoms with E-state index in [1.807, 2.05) is 12.4 Å². The summed E-state index contributed by atoms with van der Waals surface area (Å²) in [4.78, 5) is 4.22. The van der Waals surface area contributed by atoms with Crippen LogP contribution < -0.4 is 5.73 Å². The van der Waals surface area contributed by atoms with Gasteiger partial charge in [0.05, 0.1) is 0 Å². The number of rotatable bonds is 2. The highest BCUT2D eigenvalue weighted by molar-refractivity contribution is 5.20. The van der Waals surface area contributed by atoms with Crippen LogP contribution in [0, 0.1) is 18.8 Å². The lowest BCUT2D eigenvalue weighted by Crippen LogP contribution is -2.23. The zero-order valence-electron chi connectivity index (χ0n) is 9.61. The van der Waals surface area contributed by atoms with Gasteiger partial charge in [-0.1, -0.05) is 25.8 Å². The average molecular weight is 204 g/mol. The molecule has 0 aliphatic heterocycles. The molecule has 1 aromatic rings. The van der Waals surface area contributed by atoms with E-state index in [0.29, 0.717) is 5.92 Å². The Morgan fingerprint density at radius 3 is 2.80 bits per heavy atom. The molecule has 1 aromatic heterocycles. The summed E-state index contributed by atoms with van der Waals surface area (Å²) < 4.78 is 0. The minimum Gasteiger partial charge on any atom is -0.324 e. The van der Waals surface area contributed by atoms with E-state index in [1.54, 1.807) is 0 Å². The Morgan fingerprint density at radius 2 is 2.20 bits per heavy atom. The zero-order chi connectivity index (χ0) is 10.8. The second kappa shape index (κ2) is 4.31. The molecule has 3 atom stereocenters. The molecule has 0 bridgehead atoms. The Bertz CT molecular complexity index is 335. The number of aromatic nitrogens is 1. The number of pyridine rings is 1. The van der Waals surface area contributed by atoms with E-state index in [9.17, 15) is 0 Å². The van der Waals surface area contributed by atoms with Crippen LogP contribution in [0.4, 0.5) is 0 Å². The average Bonchev–Trinajstić information content (AvgIpc) is 2.63. The Labute approximate surface area is 91.9 Å². The predicted molar refractivity (Wildman–Crippen MR) is 62.4 cm³/mol. The van der Waals surface area contributed by atoms with E-state index in [4.69, 9.17) is 5.73 Å². The summed E-state index contributed by atoms with van der Waals surface area (Å²) in [6, 6.07) is 2.35. The largest absolute Gasteiger partial charge is 0.324 e. The van der Waals surface area contributed by atoms with Gasteiger partial charge in [-0.25, -0.2) is 0 Å². The van der Waals surface area contributed by atoms with E-state index in [-0.39, 0.29) is 6.04 Å². The van der Waals surface area contributed by atoms with Crippen LogP contribution in [-0.4, -0.2) is 4.98 Å². The van der Waals surface area contributed by atoms with Crippen molar-refractivity contribution < 1.29 is 0 Å². The van der Waals surface area contributed by atoms with Gasteiger partial charge in [0.25, 0.3) is 0 Å². The third-order valence-corrected chi connectivity index (χ3v) is 3.67. The maximum atomic E-state index is 6.32. The van der Waals surface area contributed by atoms with Gasteiger partial charge in [-0.2, -0.15) is 0 Å². The molecule has 82 valence electrons. The maximum absolute atomic E-state index is 6.32. The SMILES string of the molecule is Cc1cncc(C(N)C2CCCC2C)c1. The lowest BCUT2D eigenvalue weighted by atomic mass is 9.87. The van der Waals surface area contributed by atoms with Crippen molar-refractivity contribution in [3.63, 3.8) is 0 Å². The Morgan fingerprint density at radius 1 is 1.40 bits per heavy atom. The zero-order valence-corrected chi connectivity index (χ0v) is 9.61. The van der Waals surface area contributed by atoms with E-state index < -0.39 is 0 Å². The molecule has 1 heterocycles. The first-order valence-corrected chi connectivity index (χ1v) is 5.85. The summed E-state index contributed by atoms with van der Waals surface area (Å²) in [6.07, 6.45) is 7.74. The standard InChI is InChI=1S/C13H20N2/c1-9-6-11(8-15-7-9)13(14)12-5-3-4-10(12)2/h6-8,10,12-13H,3-5,14H2,1-2H3. The Balaban J connectivity index is 2.16. The molecule has 2 N–H and O–H groups in total. The highest BCUT2D eigenvalue weighted by Gasteiger charge is 2.29. The Hall–Kier alpha value is -0.890. The molecule has 1 aliphatic rings. The molecule has 15 heavy (non-hydrogen) atoms. The number of hydrogen-bond acceptors (Lipinski definition) is 2. The van der Waals surface area contributed by atoms with Gasteiger partial charge < -0.3 is 5.73 Å². The van der Waals surface area contributed by atoms with Crippen LogP contribution in [0.1, 0.15) is 43.4 Å². The number of aryl methyl sites for hydroxylation is 1. The molecule has 1 fully saturated rings. The minimum absolute atomic E-state index is 0.176. The second-order valence-electron chi connectivity index (χ2n) is 4.89. The summed E-state index contributed by atoms with van der Waals surface area (Å²) in [7, 11) is 0. The minimum atomic E-state index is 0.176. The highest BCUT2D eigenvalue weighted by Crippen LogP contribution is 2.38. The van der Waals surface area contributed by atoms with Crippen molar-refractivity contribution in [3.8, 4) is 0 Å². The van der Waals surface area contributed by atoms with Crippen molar-refractivity contribution in [3.05, 3.63) is 29.6 Å². The van der Waals surface area contributed by atoms with E-state index in [0.717, 1.165) is 5.92 Å². The molecule has 3 unspecified atom stereocenters. The molecule has 0 spiro atoms. The monoisotopic (exact) mass is 204 g/mol. The quantitative estimate of drug-likeness (QED) is 0.804. The molecule has 1 saturated carbocycles. The van der Waals surface area contributed by atoms with E-state index in [2.05, 4.69) is 24.9 Å². The summed E-state index contributed by atoms with van der Waals surface area (Å²) in [6.45, 7) is 4.39. The predicted octanol–water partition coefficient (Wildman–Crippen LogP) is 2.83. The van der Waals surface area contributed by atoms with Crippen molar-refractivity contribution in [1.29, 1.82) is 0 Å². The van der Waals surface area contributed by atoms with E-state index >= 15 is 0 Å². The summed E-state index contributed by atoms with van der Waals surface area (Å²) >= 11 is 0. The van der Waals surface area contributed by atoms with E-state index in [1.165, 1.54) is 30.4 Å². The van der Waals surface area contributed by atoms with Crippen molar-refractivity contribution in [2.45, 2.75) is 39.2 Å². The molecule has 2 heteroatoms. The van der Waals surface area contributed by atoms with Crippen molar-refractivity contribution in [1.82, 2.24) is 4.98 Å². The lowest BCUT2D eigenvalue weighted by molar-refractivity contribution is 0.350. The Kier molecular flexibility index (Phi) is 3.06. The molecular formula is C13H20N2. The number of hydrogen-bond donors (Lipinski definition) is 1. The van der Waals surface area contributed by atoms with Gasteiger partial charge in [-0.15, -0.1) is 0 Å². The van der Waals surface area contributed by atoms with Gasteiger partial charge in [-0.3, -0.25) is 4.98 Å². The lowest BCUT2D eigenvalue weighted by Gasteiger charge is -2.23. The maximum Gasteiger partial charge on any atom is 0.0341 e. The summed E-state index contributed by atoms with van der Waals surface area (Å²) in [5.41, 5.74) is 8.72. The molecule has 2 nitrogen and oxygen atoms in total. The normalized spacial score (nSPS) is 27.9. The van der Waals surface area contributed by atoms with Crippen LogP contribution in [0.2, 0.25) is 0 Å². The first kappa shape index (κ1) is 10.6. The number of nitrogens with two attached hydrogens (primary N) is 1. The molecule has 0 saturated heterocycles. The van der Waals surface area contributed by atoms with Crippen LogP contribution in [0.15, 0.2) is 18.5 Å². The summed E-state index contributed by atoms with van der Waals surface area (Å²) in [5.74, 6) is 1.41. The number of nitrogens with zero attached hydrogens (tertiary/aromatic N) is 1. The fourth-order valence-electron chi connectivity index (χ4n) is 2.72. The van der Waals surface area contributed by atoms with Crippen LogP contribution in [0.25, 0.3) is 0 Å². The van der Waals surface area contributed by atoms with Crippen LogP contribution >= 0.6 is 0 Å². The van der Waals surface area contributed by atoms with Crippen LogP contribution in [0.5, 0.6) is 0 Å². The first-order chi connectivity index (χ1) is 7.18. The van der Waals surface area contributed by atoms with Gasteiger partial charge in [0.1, 0.15) is 0 Å². The van der Waals surface area contributed by atoms with Crippen molar-refractivity contribution >= 4 is 0 Å². The third kappa shape index (κ3) is 2.20. The van der Waals surface area contributed by atoms with Gasteiger partial charge in [0, 0.05) is 18.4 Å². The molecule has 2 rings (SSSR count). The fraction of sp³-hybridized carbons (Fsp3) is 0.615. The molecule has 0 aromatic carbocycles. The van der Waals surface area contributed by atoms with Gasteiger partial charge >= 0.3 is 0 Å². The fourth-order valence-corrected chi connectivity index (χ4v) is 2.72. The van der Waals surface area contributed by atoms with Gasteiger partial charge in [0.15, 0.2) is 0 Å².